The quantitative estimate of drug-likeness (QED) is 0.331. The molecule has 2 heteroatoms. The van der Waals surface area contributed by atoms with Crippen molar-refractivity contribution in [2.45, 2.75) is 0 Å². The lowest BCUT2D eigenvalue weighted by Crippen LogP contribution is -2.00. The van der Waals surface area contributed by atoms with Crippen LogP contribution in [-0.4, -0.2) is 24.9 Å². The fraction of sp³-hybridized carbons (Fsp3) is 0.429. The van der Waals surface area contributed by atoms with Gasteiger partial charge in [-0.1, -0.05) is 12.5 Å². The zero-order chi connectivity index (χ0) is 7.11. The van der Waals surface area contributed by atoms with Gasteiger partial charge in [-0.05, 0) is 5.57 Å². The van der Waals surface area contributed by atoms with Gasteiger partial charge in [0.2, 0.25) is 0 Å². The second kappa shape index (κ2) is 5.36. The van der Waals surface area contributed by atoms with E-state index in [9.17, 15) is 0 Å². The molecule has 0 aromatic rings. The van der Waals surface area contributed by atoms with Crippen molar-refractivity contribution in [1.82, 2.24) is 0 Å². The Labute approximate surface area is 55.1 Å². The van der Waals surface area contributed by atoms with E-state index in [4.69, 9.17) is 16.3 Å². The first-order chi connectivity index (χ1) is 4.31. The van der Waals surface area contributed by atoms with Crippen LogP contribution >= 0.6 is 0 Å². The Morgan fingerprint density at radius 2 is 2.44 bits per heavy atom. The van der Waals surface area contributed by atoms with Gasteiger partial charge in [0.25, 0.3) is 0 Å². The van der Waals surface area contributed by atoms with Crippen LogP contribution in [0.25, 0.3) is 0 Å². The molecule has 0 atom stereocenters. The first-order valence-corrected chi connectivity index (χ1v) is 2.60. The average Bonchev–Trinajstić information content (AvgIpc) is 1.89. The molecule has 0 aliphatic carbocycles. The van der Waals surface area contributed by atoms with Crippen LogP contribution in [0.1, 0.15) is 0 Å². The van der Waals surface area contributed by atoms with Gasteiger partial charge in [0.15, 0.2) is 0 Å². The Kier molecular flexibility index (Phi) is 4.89. The van der Waals surface area contributed by atoms with E-state index in [2.05, 4.69) is 12.5 Å². The van der Waals surface area contributed by atoms with Crippen molar-refractivity contribution in [1.29, 1.82) is 0 Å². The Hall–Kier alpha value is -0.780. The molecule has 0 aliphatic heterocycles. The predicted octanol–water partition coefficient (Wildman–Crippen LogP) is 0.185. The fourth-order valence-corrected chi connectivity index (χ4v) is 0.300. The molecule has 0 bridgehead atoms. The summed E-state index contributed by atoms with van der Waals surface area (Å²) in [6.07, 6.45) is 4.89. The molecule has 0 rings (SSSR count). The molecule has 0 amide bonds. The standard InChI is InChI=1S/C7H10O2/c1-3-4-9-6-7(2)5-8/h1,8H,2,4-6H2. The predicted molar refractivity (Wildman–Crippen MR) is 35.9 cm³/mol. The summed E-state index contributed by atoms with van der Waals surface area (Å²) in [5.74, 6) is 2.30. The minimum absolute atomic E-state index is 0.0371. The fourth-order valence-electron chi connectivity index (χ4n) is 0.300. The number of hydrogen-bond acceptors (Lipinski definition) is 2. The molecule has 0 unspecified atom stereocenters. The third kappa shape index (κ3) is 5.09. The molecule has 1 N–H and O–H groups in total. The highest BCUT2D eigenvalue weighted by molar-refractivity contribution is 4.94. The average molecular weight is 126 g/mol. The lowest BCUT2D eigenvalue weighted by atomic mass is 10.3. The van der Waals surface area contributed by atoms with E-state index in [1.54, 1.807) is 0 Å². The molecular formula is C7H10O2. The molecule has 0 fully saturated rings. The van der Waals surface area contributed by atoms with Gasteiger partial charge in [0.05, 0.1) is 13.2 Å². The van der Waals surface area contributed by atoms with E-state index in [1.807, 2.05) is 0 Å². The topological polar surface area (TPSA) is 29.5 Å². The molecule has 0 saturated carbocycles. The monoisotopic (exact) mass is 126 g/mol. The zero-order valence-electron chi connectivity index (χ0n) is 5.26. The second-order valence-electron chi connectivity index (χ2n) is 1.61. The second-order valence-corrected chi connectivity index (χ2v) is 1.61. The number of aliphatic hydroxyl groups excluding tert-OH is 1. The highest BCUT2D eigenvalue weighted by Crippen LogP contribution is 1.87. The van der Waals surface area contributed by atoms with Crippen LogP contribution in [0, 0.1) is 12.3 Å². The lowest BCUT2D eigenvalue weighted by Gasteiger charge is -1.98. The van der Waals surface area contributed by atoms with E-state index in [0.717, 1.165) is 0 Å². The number of aliphatic hydroxyl groups is 1. The van der Waals surface area contributed by atoms with Gasteiger partial charge in [-0.25, -0.2) is 0 Å². The van der Waals surface area contributed by atoms with Crippen molar-refractivity contribution in [2.24, 2.45) is 0 Å². The number of terminal acetylenes is 1. The first-order valence-electron chi connectivity index (χ1n) is 2.60. The maximum absolute atomic E-state index is 8.40. The summed E-state index contributed by atoms with van der Waals surface area (Å²) >= 11 is 0. The van der Waals surface area contributed by atoms with E-state index >= 15 is 0 Å². The molecule has 0 spiro atoms. The molecular weight excluding hydrogens is 116 g/mol. The third-order valence-corrected chi connectivity index (χ3v) is 0.715. The van der Waals surface area contributed by atoms with Crippen molar-refractivity contribution < 1.29 is 9.84 Å². The van der Waals surface area contributed by atoms with Crippen molar-refractivity contribution >= 4 is 0 Å². The number of rotatable bonds is 4. The summed E-state index contributed by atoms with van der Waals surface area (Å²) in [5, 5.41) is 8.40. The van der Waals surface area contributed by atoms with E-state index in [-0.39, 0.29) is 13.2 Å². The highest BCUT2D eigenvalue weighted by Gasteiger charge is 1.88. The Morgan fingerprint density at radius 3 is 2.89 bits per heavy atom. The summed E-state index contributed by atoms with van der Waals surface area (Å²) in [5.41, 5.74) is 0.644. The molecule has 0 aliphatic rings. The highest BCUT2D eigenvalue weighted by atomic mass is 16.5. The van der Waals surface area contributed by atoms with Gasteiger partial charge < -0.3 is 9.84 Å². The minimum atomic E-state index is -0.0371. The summed E-state index contributed by atoms with van der Waals surface area (Å²) in [6, 6.07) is 0. The van der Waals surface area contributed by atoms with Crippen molar-refractivity contribution in [3.05, 3.63) is 12.2 Å². The molecule has 0 radical (unpaired) electrons. The molecule has 50 valence electrons. The van der Waals surface area contributed by atoms with E-state index in [0.29, 0.717) is 12.2 Å². The van der Waals surface area contributed by atoms with E-state index in [1.165, 1.54) is 0 Å². The Balaban J connectivity index is 3.09. The summed E-state index contributed by atoms with van der Waals surface area (Å²) in [4.78, 5) is 0. The van der Waals surface area contributed by atoms with Crippen molar-refractivity contribution in [3.63, 3.8) is 0 Å². The molecule has 2 nitrogen and oxygen atoms in total. The summed E-state index contributed by atoms with van der Waals surface area (Å²) in [6.45, 7) is 4.09. The van der Waals surface area contributed by atoms with Crippen LogP contribution in [0.4, 0.5) is 0 Å². The maximum atomic E-state index is 8.40. The van der Waals surface area contributed by atoms with Gasteiger partial charge in [0, 0.05) is 0 Å². The normalized spacial score (nSPS) is 8.44. The Morgan fingerprint density at radius 1 is 1.78 bits per heavy atom. The summed E-state index contributed by atoms with van der Waals surface area (Å²) in [7, 11) is 0. The Bertz CT molecular complexity index is 121. The molecule has 0 saturated heterocycles. The van der Waals surface area contributed by atoms with Crippen LogP contribution < -0.4 is 0 Å². The minimum Gasteiger partial charge on any atom is -0.392 e. The molecule has 9 heavy (non-hydrogen) atoms. The maximum Gasteiger partial charge on any atom is 0.107 e. The van der Waals surface area contributed by atoms with Crippen LogP contribution in [0.15, 0.2) is 12.2 Å². The van der Waals surface area contributed by atoms with Gasteiger partial charge >= 0.3 is 0 Å². The van der Waals surface area contributed by atoms with Gasteiger partial charge in [-0.2, -0.15) is 0 Å². The number of hydrogen-bond donors (Lipinski definition) is 1. The van der Waals surface area contributed by atoms with Gasteiger partial charge in [-0.3, -0.25) is 0 Å². The van der Waals surface area contributed by atoms with Gasteiger partial charge in [0.1, 0.15) is 6.61 Å². The smallest absolute Gasteiger partial charge is 0.107 e. The lowest BCUT2D eigenvalue weighted by molar-refractivity contribution is 0.179. The van der Waals surface area contributed by atoms with Crippen LogP contribution in [0.3, 0.4) is 0 Å². The van der Waals surface area contributed by atoms with Crippen LogP contribution in [-0.2, 0) is 4.74 Å². The number of ether oxygens (including phenoxy) is 1. The zero-order valence-corrected chi connectivity index (χ0v) is 5.26. The van der Waals surface area contributed by atoms with Crippen LogP contribution in [0.5, 0.6) is 0 Å². The summed E-state index contributed by atoms with van der Waals surface area (Å²) < 4.78 is 4.84. The van der Waals surface area contributed by atoms with Crippen LogP contribution in [0.2, 0.25) is 0 Å². The molecule has 0 aromatic heterocycles. The largest absolute Gasteiger partial charge is 0.392 e. The molecule has 0 aromatic carbocycles. The first kappa shape index (κ1) is 8.22. The van der Waals surface area contributed by atoms with Crippen molar-refractivity contribution in [3.8, 4) is 12.3 Å². The van der Waals surface area contributed by atoms with E-state index < -0.39 is 0 Å². The van der Waals surface area contributed by atoms with Crippen molar-refractivity contribution in [2.75, 3.05) is 19.8 Å². The van der Waals surface area contributed by atoms with Gasteiger partial charge in [-0.15, -0.1) is 6.42 Å². The third-order valence-electron chi connectivity index (χ3n) is 0.715. The molecule has 0 heterocycles. The SMILES string of the molecule is C#CCOCC(=C)CO.